The maximum Gasteiger partial charge on any atom is 0.319 e. The summed E-state index contributed by atoms with van der Waals surface area (Å²) in [5.74, 6) is 0. The Bertz CT molecular complexity index is 913. The fourth-order valence-electron chi connectivity index (χ4n) is 2.50. The Balaban J connectivity index is 1.84. The van der Waals surface area contributed by atoms with Crippen LogP contribution >= 0.6 is 11.8 Å². The van der Waals surface area contributed by atoms with Crippen molar-refractivity contribution in [3.05, 3.63) is 53.6 Å². The lowest BCUT2D eigenvalue weighted by Gasteiger charge is -2.13. The number of sulfonamides is 1. The predicted molar refractivity (Wildman–Crippen MR) is 115 cm³/mol. The van der Waals surface area contributed by atoms with E-state index in [1.165, 1.54) is 17.0 Å². The molecule has 0 fully saturated rings. The predicted octanol–water partition coefficient (Wildman–Crippen LogP) is 3.90. The van der Waals surface area contributed by atoms with Crippen LogP contribution in [0.3, 0.4) is 0 Å². The quantitative estimate of drug-likeness (QED) is 0.563. The van der Waals surface area contributed by atoms with Crippen molar-refractivity contribution in [2.45, 2.75) is 48.7 Å². The van der Waals surface area contributed by atoms with Gasteiger partial charge in [-0.3, -0.25) is 0 Å². The van der Waals surface area contributed by atoms with Gasteiger partial charge in [-0.05, 0) is 61.2 Å². The Kier molecular flexibility index (Phi) is 7.91. The summed E-state index contributed by atoms with van der Waals surface area (Å²) in [6.07, 6.45) is 1.69. The van der Waals surface area contributed by atoms with Crippen LogP contribution in [0, 0.1) is 6.92 Å². The molecule has 0 aromatic heterocycles. The monoisotopic (exact) mass is 421 g/mol. The van der Waals surface area contributed by atoms with Gasteiger partial charge in [0.2, 0.25) is 10.0 Å². The SMILES string of the molecule is CCC(C)Sc1ccc(NC(=O)NCCc2ccc(S(N)(=O)=O)cc2)c(C)c1. The smallest absolute Gasteiger partial charge is 0.319 e. The van der Waals surface area contributed by atoms with E-state index in [4.69, 9.17) is 5.14 Å². The molecule has 4 N–H and O–H groups in total. The summed E-state index contributed by atoms with van der Waals surface area (Å²) in [6.45, 7) is 6.77. The zero-order chi connectivity index (χ0) is 20.7. The highest BCUT2D eigenvalue weighted by molar-refractivity contribution is 7.99. The van der Waals surface area contributed by atoms with Crippen molar-refractivity contribution in [2.24, 2.45) is 5.14 Å². The third-order valence-electron chi connectivity index (χ3n) is 4.31. The summed E-state index contributed by atoms with van der Waals surface area (Å²) >= 11 is 1.83. The first kappa shape index (κ1) is 22.3. The number of aryl methyl sites for hydroxylation is 1. The van der Waals surface area contributed by atoms with E-state index >= 15 is 0 Å². The third-order valence-corrected chi connectivity index (χ3v) is 6.50. The molecule has 0 spiro atoms. The Morgan fingerprint density at radius 2 is 1.86 bits per heavy atom. The van der Waals surface area contributed by atoms with Crippen LogP contribution in [-0.4, -0.2) is 26.2 Å². The highest BCUT2D eigenvalue weighted by Crippen LogP contribution is 2.28. The van der Waals surface area contributed by atoms with E-state index in [2.05, 4.69) is 30.5 Å². The van der Waals surface area contributed by atoms with E-state index in [1.54, 1.807) is 12.1 Å². The number of nitrogens with one attached hydrogen (secondary N) is 2. The first-order chi connectivity index (χ1) is 13.2. The molecule has 0 saturated heterocycles. The van der Waals surface area contributed by atoms with E-state index in [0.717, 1.165) is 23.2 Å². The van der Waals surface area contributed by atoms with Crippen molar-refractivity contribution in [1.82, 2.24) is 5.32 Å². The van der Waals surface area contributed by atoms with Gasteiger partial charge in [0.15, 0.2) is 0 Å². The average molecular weight is 422 g/mol. The number of carbonyl (C=O) groups is 1. The Labute approximate surface area is 171 Å². The molecule has 1 atom stereocenters. The Morgan fingerprint density at radius 1 is 1.18 bits per heavy atom. The van der Waals surface area contributed by atoms with Crippen LogP contribution < -0.4 is 15.8 Å². The number of hydrogen-bond donors (Lipinski definition) is 3. The molecule has 8 heteroatoms. The number of rotatable bonds is 8. The molecule has 0 saturated carbocycles. The minimum absolute atomic E-state index is 0.0763. The molecule has 6 nitrogen and oxygen atoms in total. The van der Waals surface area contributed by atoms with Crippen LogP contribution in [0.25, 0.3) is 0 Å². The molecule has 152 valence electrons. The zero-order valence-electron chi connectivity index (χ0n) is 16.4. The lowest BCUT2D eigenvalue weighted by molar-refractivity contribution is 0.252. The van der Waals surface area contributed by atoms with Crippen LogP contribution in [0.5, 0.6) is 0 Å². The summed E-state index contributed by atoms with van der Waals surface area (Å²) in [6, 6.07) is 12.1. The van der Waals surface area contributed by atoms with Gasteiger partial charge in [0, 0.05) is 22.4 Å². The largest absolute Gasteiger partial charge is 0.338 e. The number of urea groups is 1. The van der Waals surface area contributed by atoms with Gasteiger partial charge in [-0.2, -0.15) is 0 Å². The summed E-state index contributed by atoms with van der Waals surface area (Å²) in [4.78, 5) is 13.4. The van der Waals surface area contributed by atoms with Crippen molar-refractivity contribution >= 4 is 33.5 Å². The highest BCUT2D eigenvalue weighted by atomic mass is 32.2. The van der Waals surface area contributed by atoms with Crippen molar-refractivity contribution < 1.29 is 13.2 Å². The highest BCUT2D eigenvalue weighted by Gasteiger charge is 2.09. The summed E-state index contributed by atoms with van der Waals surface area (Å²) in [5, 5.41) is 11.3. The van der Waals surface area contributed by atoms with Crippen LogP contribution in [-0.2, 0) is 16.4 Å². The minimum atomic E-state index is -3.69. The van der Waals surface area contributed by atoms with E-state index in [-0.39, 0.29) is 10.9 Å². The van der Waals surface area contributed by atoms with Gasteiger partial charge in [0.1, 0.15) is 0 Å². The van der Waals surface area contributed by atoms with Crippen LogP contribution in [0.15, 0.2) is 52.3 Å². The first-order valence-corrected chi connectivity index (χ1v) is 11.6. The topological polar surface area (TPSA) is 101 Å². The molecule has 1 unspecified atom stereocenters. The second-order valence-electron chi connectivity index (χ2n) is 6.63. The maximum absolute atomic E-state index is 12.1. The normalized spacial score (nSPS) is 12.4. The first-order valence-electron chi connectivity index (χ1n) is 9.13. The molecular formula is C20H27N3O3S2. The summed E-state index contributed by atoms with van der Waals surface area (Å²) in [5.41, 5.74) is 2.71. The molecule has 2 aromatic rings. The molecule has 0 aliphatic rings. The molecule has 0 aliphatic heterocycles. The minimum Gasteiger partial charge on any atom is -0.338 e. The molecule has 0 bridgehead atoms. The van der Waals surface area contributed by atoms with Crippen LogP contribution in [0.2, 0.25) is 0 Å². The lowest BCUT2D eigenvalue weighted by atomic mass is 10.1. The van der Waals surface area contributed by atoms with E-state index < -0.39 is 10.0 Å². The third kappa shape index (κ3) is 6.85. The number of carbonyl (C=O) groups excluding carboxylic acids is 1. The lowest BCUT2D eigenvalue weighted by Crippen LogP contribution is -2.30. The molecule has 2 amide bonds. The summed E-state index contributed by atoms with van der Waals surface area (Å²) in [7, 11) is -3.69. The van der Waals surface area contributed by atoms with E-state index in [9.17, 15) is 13.2 Å². The molecule has 0 aliphatic carbocycles. The van der Waals surface area contributed by atoms with Gasteiger partial charge in [0.05, 0.1) is 4.90 Å². The van der Waals surface area contributed by atoms with E-state index in [1.807, 2.05) is 30.8 Å². The fourth-order valence-corrected chi connectivity index (χ4v) is 4.04. The zero-order valence-corrected chi connectivity index (χ0v) is 18.0. The number of hydrogen-bond acceptors (Lipinski definition) is 4. The number of amides is 2. The number of anilines is 1. The second kappa shape index (κ2) is 9.95. The standard InChI is InChI=1S/C20H27N3O3S2/c1-4-15(3)27-17-7-10-19(14(2)13-17)23-20(24)22-12-11-16-5-8-18(9-6-16)28(21,25)26/h5-10,13,15H,4,11-12H2,1-3H3,(H2,21,25,26)(H2,22,23,24). The second-order valence-corrected chi connectivity index (χ2v) is 9.71. The summed E-state index contributed by atoms with van der Waals surface area (Å²) < 4.78 is 22.5. The Hall–Kier alpha value is -2.03. The van der Waals surface area contributed by atoms with Crippen LogP contribution in [0.4, 0.5) is 10.5 Å². The Morgan fingerprint density at radius 3 is 2.43 bits per heavy atom. The number of thioether (sulfide) groups is 1. The van der Waals surface area contributed by atoms with Crippen molar-refractivity contribution in [3.8, 4) is 0 Å². The van der Waals surface area contributed by atoms with Gasteiger partial charge < -0.3 is 10.6 Å². The van der Waals surface area contributed by atoms with Crippen molar-refractivity contribution in [1.29, 1.82) is 0 Å². The van der Waals surface area contributed by atoms with Gasteiger partial charge >= 0.3 is 6.03 Å². The molecule has 28 heavy (non-hydrogen) atoms. The van der Waals surface area contributed by atoms with Crippen molar-refractivity contribution in [2.75, 3.05) is 11.9 Å². The van der Waals surface area contributed by atoms with Gasteiger partial charge in [-0.15, -0.1) is 11.8 Å². The average Bonchev–Trinajstić information content (AvgIpc) is 2.63. The van der Waals surface area contributed by atoms with E-state index in [0.29, 0.717) is 18.2 Å². The molecular weight excluding hydrogens is 394 g/mol. The van der Waals surface area contributed by atoms with Crippen molar-refractivity contribution in [3.63, 3.8) is 0 Å². The molecule has 0 heterocycles. The van der Waals surface area contributed by atoms with Gasteiger partial charge in [-0.1, -0.05) is 26.0 Å². The molecule has 2 rings (SSSR count). The molecule has 2 aromatic carbocycles. The van der Waals surface area contributed by atoms with Gasteiger partial charge in [-0.25, -0.2) is 18.4 Å². The number of nitrogens with two attached hydrogens (primary N) is 1. The van der Waals surface area contributed by atoms with Gasteiger partial charge in [0.25, 0.3) is 0 Å². The number of benzene rings is 2. The fraction of sp³-hybridized carbons (Fsp3) is 0.350. The van der Waals surface area contributed by atoms with Crippen LogP contribution in [0.1, 0.15) is 31.4 Å². The number of primary sulfonamides is 1. The molecule has 0 radical (unpaired) electrons. The maximum atomic E-state index is 12.1.